The molecule has 0 amide bonds. The van der Waals surface area contributed by atoms with E-state index < -0.39 is 0 Å². The smallest absolute Gasteiger partial charge is 0.0945 e. The van der Waals surface area contributed by atoms with Crippen LogP contribution in [-0.4, -0.2) is 29.3 Å². The second-order valence-electron chi connectivity index (χ2n) is 3.36. The lowest BCUT2D eigenvalue weighted by Crippen LogP contribution is -2.20. The molecule has 0 bridgehead atoms. The SMILES string of the molecule is C=CCCOCCNCc1cncn1C. The van der Waals surface area contributed by atoms with E-state index in [1.54, 1.807) is 6.33 Å². The summed E-state index contributed by atoms with van der Waals surface area (Å²) in [5.74, 6) is 0. The molecule has 0 fully saturated rings. The van der Waals surface area contributed by atoms with Crippen molar-refractivity contribution < 1.29 is 4.74 Å². The van der Waals surface area contributed by atoms with E-state index in [-0.39, 0.29) is 0 Å². The van der Waals surface area contributed by atoms with Crippen LogP contribution in [0.5, 0.6) is 0 Å². The molecule has 84 valence electrons. The first kappa shape index (κ1) is 11.9. The van der Waals surface area contributed by atoms with E-state index in [1.807, 2.05) is 23.9 Å². The summed E-state index contributed by atoms with van der Waals surface area (Å²) < 4.78 is 7.37. The van der Waals surface area contributed by atoms with Gasteiger partial charge in [0, 0.05) is 26.3 Å². The number of aromatic nitrogens is 2. The summed E-state index contributed by atoms with van der Waals surface area (Å²) >= 11 is 0. The van der Waals surface area contributed by atoms with Gasteiger partial charge >= 0.3 is 0 Å². The average Bonchev–Trinajstić information content (AvgIpc) is 2.63. The van der Waals surface area contributed by atoms with E-state index in [0.717, 1.165) is 32.7 Å². The minimum atomic E-state index is 0.742. The summed E-state index contributed by atoms with van der Waals surface area (Å²) in [6, 6.07) is 0. The highest BCUT2D eigenvalue weighted by Crippen LogP contribution is 1.94. The molecule has 1 aromatic rings. The molecule has 0 saturated heterocycles. The van der Waals surface area contributed by atoms with Crippen molar-refractivity contribution in [3.63, 3.8) is 0 Å². The van der Waals surface area contributed by atoms with Gasteiger partial charge in [0.1, 0.15) is 0 Å². The van der Waals surface area contributed by atoms with Gasteiger partial charge in [-0.2, -0.15) is 0 Å². The van der Waals surface area contributed by atoms with Gasteiger partial charge in [-0.05, 0) is 6.42 Å². The number of imidazole rings is 1. The summed E-state index contributed by atoms with van der Waals surface area (Å²) in [7, 11) is 1.99. The monoisotopic (exact) mass is 209 g/mol. The zero-order valence-electron chi connectivity index (χ0n) is 9.28. The first-order valence-electron chi connectivity index (χ1n) is 5.19. The fourth-order valence-electron chi connectivity index (χ4n) is 1.18. The highest BCUT2D eigenvalue weighted by molar-refractivity contribution is 4.96. The van der Waals surface area contributed by atoms with Crippen molar-refractivity contribution in [1.29, 1.82) is 0 Å². The Balaban J connectivity index is 1.98. The van der Waals surface area contributed by atoms with Crippen molar-refractivity contribution in [3.05, 3.63) is 30.9 Å². The predicted octanol–water partition coefficient (Wildman–Crippen LogP) is 1.10. The van der Waals surface area contributed by atoms with Gasteiger partial charge in [-0.15, -0.1) is 6.58 Å². The molecule has 0 aromatic carbocycles. The standard InChI is InChI=1S/C11H19N3O/c1-3-4-6-15-7-5-12-8-11-9-13-10-14(11)2/h3,9-10,12H,1,4-8H2,2H3. The Bertz CT molecular complexity index is 283. The molecule has 0 radical (unpaired) electrons. The van der Waals surface area contributed by atoms with Gasteiger partial charge in [-0.1, -0.05) is 6.08 Å². The van der Waals surface area contributed by atoms with E-state index >= 15 is 0 Å². The van der Waals surface area contributed by atoms with Gasteiger partial charge in [-0.3, -0.25) is 0 Å². The molecule has 1 aromatic heterocycles. The Morgan fingerprint density at radius 3 is 3.13 bits per heavy atom. The largest absolute Gasteiger partial charge is 0.380 e. The zero-order chi connectivity index (χ0) is 10.9. The molecule has 0 spiro atoms. The number of rotatable bonds is 8. The maximum atomic E-state index is 5.37. The van der Waals surface area contributed by atoms with Gasteiger partial charge in [0.25, 0.3) is 0 Å². The minimum Gasteiger partial charge on any atom is -0.380 e. The first-order valence-corrected chi connectivity index (χ1v) is 5.19. The number of aryl methyl sites for hydroxylation is 1. The molecule has 15 heavy (non-hydrogen) atoms. The molecule has 0 atom stereocenters. The van der Waals surface area contributed by atoms with Crippen molar-refractivity contribution in [2.75, 3.05) is 19.8 Å². The molecule has 1 N–H and O–H groups in total. The Morgan fingerprint density at radius 2 is 2.47 bits per heavy atom. The zero-order valence-corrected chi connectivity index (χ0v) is 9.28. The van der Waals surface area contributed by atoms with Gasteiger partial charge in [0.05, 0.1) is 25.2 Å². The number of nitrogens with one attached hydrogen (secondary N) is 1. The van der Waals surface area contributed by atoms with E-state index in [0.29, 0.717) is 0 Å². The third kappa shape index (κ3) is 4.76. The number of ether oxygens (including phenoxy) is 1. The molecule has 1 heterocycles. The Morgan fingerprint density at radius 1 is 1.60 bits per heavy atom. The molecule has 0 unspecified atom stereocenters. The maximum absolute atomic E-state index is 5.37. The number of nitrogens with zero attached hydrogens (tertiary/aromatic N) is 2. The van der Waals surface area contributed by atoms with E-state index in [2.05, 4.69) is 16.9 Å². The summed E-state index contributed by atoms with van der Waals surface area (Å²) in [6.07, 6.45) is 6.45. The third-order valence-corrected chi connectivity index (χ3v) is 2.11. The predicted molar refractivity (Wildman–Crippen MR) is 60.5 cm³/mol. The lowest BCUT2D eigenvalue weighted by Gasteiger charge is -2.05. The quantitative estimate of drug-likeness (QED) is 0.515. The van der Waals surface area contributed by atoms with Crippen LogP contribution in [0.25, 0.3) is 0 Å². The van der Waals surface area contributed by atoms with Crippen LogP contribution in [0.3, 0.4) is 0 Å². The summed E-state index contributed by atoms with van der Waals surface area (Å²) in [6.45, 7) is 6.83. The third-order valence-electron chi connectivity index (χ3n) is 2.11. The summed E-state index contributed by atoms with van der Waals surface area (Å²) in [5, 5.41) is 3.29. The molecule has 0 aliphatic rings. The molecule has 4 nitrogen and oxygen atoms in total. The molecule has 4 heteroatoms. The topological polar surface area (TPSA) is 39.1 Å². The van der Waals surface area contributed by atoms with E-state index in [1.165, 1.54) is 5.69 Å². The Labute approximate surface area is 91.0 Å². The van der Waals surface area contributed by atoms with Crippen molar-refractivity contribution in [2.24, 2.45) is 7.05 Å². The van der Waals surface area contributed by atoms with Crippen molar-refractivity contribution in [1.82, 2.24) is 14.9 Å². The van der Waals surface area contributed by atoms with Gasteiger partial charge < -0.3 is 14.6 Å². The van der Waals surface area contributed by atoms with Crippen molar-refractivity contribution in [2.45, 2.75) is 13.0 Å². The lowest BCUT2D eigenvalue weighted by atomic mass is 10.4. The maximum Gasteiger partial charge on any atom is 0.0945 e. The van der Waals surface area contributed by atoms with Crippen LogP contribution in [0.1, 0.15) is 12.1 Å². The van der Waals surface area contributed by atoms with Gasteiger partial charge in [0.2, 0.25) is 0 Å². The van der Waals surface area contributed by atoms with Crippen LogP contribution in [0, 0.1) is 0 Å². The molecule has 0 aliphatic carbocycles. The number of hydrogen-bond acceptors (Lipinski definition) is 3. The minimum absolute atomic E-state index is 0.742. The normalized spacial score (nSPS) is 10.5. The second kappa shape index (κ2) is 7.20. The van der Waals surface area contributed by atoms with Crippen LogP contribution in [0.15, 0.2) is 25.2 Å². The highest BCUT2D eigenvalue weighted by atomic mass is 16.5. The number of hydrogen-bond donors (Lipinski definition) is 1. The van der Waals surface area contributed by atoms with Crippen LogP contribution in [0.2, 0.25) is 0 Å². The molecule has 1 rings (SSSR count). The lowest BCUT2D eigenvalue weighted by molar-refractivity contribution is 0.140. The van der Waals surface area contributed by atoms with Gasteiger partial charge in [0.15, 0.2) is 0 Å². The molecular weight excluding hydrogens is 190 g/mol. The molecule has 0 saturated carbocycles. The van der Waals surface area contributed by atoms with Crippen LogP contribution in [-0.2, 0) is 18.3 Å². The van der Waals surface area contributed by atoms with E-state index in [4.69, 9.17) is 4.74 Å². The van der Waals surface area contributed by atoms with Crippen LogP contribution < -0.4 is 5.32 Å². The molecule has 0 aliphatic heterocycles. The Hall–Kier alpha value is -1.13. The first-order chi connectivity index (χ1) is 7.34. The fraction of sp³-hybridized carbons (Fsp3) is 0.545. The summed E-state index contributed by atoms with van der Waals surface area (Å²) in [5.41, 5.74) is 1.18. The summed E-state index contributed by atoms with van der Waals surface area (Å²) in [4.78, 5) is 4.04. The average molecular weight is 209 g/mol. The van der Waals surface area contributed by atoms with Crippen molar-refractivity contribution in [3.8, 4) is 0 Å². The van der Waals surface area contributed by atoms with Crippen LogP contribution >= 0.6 is 0 Å². The van der Waals surface area contributed by atoms with Crippen LogP contribution in [0.4, 0.5) is 0 Å². The Kier molecular flexibility index (Phi) is 5.73. The second-order valence-corrected chi connectivity index (χ2v) is 3.36. The van der Waals surface area contributed by atoms with E-state index in [9.17, 15) is 0 Å². The van der Waals surface area contributed by atoms with Gasteiger partial charge in [-0.25, -0.2) is 4.98 Å². The van der Waals surface area contributed by atoms with Crippen molar-refractivity contribution >= 4 is 0 Å². The highest BCUT2D eigenvalue weighted by Gasteiger charge is 1.96. The fourth-order valence-corrected chi connectivity index (χ4v) is 1.18. The molecular formula is C11H19N3O.